The van der Waals surface area contributed by atoms with Crippen LogP contribution in [-0.4, -0.2) is 16.6 Å². The number of nitrogens with one attached hydrogen (secondary N) is 1. The summed E-state index contributed by atoms with van der Waals surface area (Å²) in [6.45, 7) is 5.70. The molecule has 25 heavy (non-hydrogen) atoms. The monoisotopic (exact) mass is 356 g/mol. The smallest absolute Gasteiger partial charge is 0.307 e. The maximum atomic E-state index is 12.4. The number of hydrogen-bond donors (Lipinski definition) is 1. The summed E-state index contributed by atoms with van der Waals surface area (Å²) in [6.07, 6.45) is -0.633. The Morgan fingerprint density at radius 1 is 1.16 bits per heavy atom. The van der Waals surface area contributed by atoms with Crippen molar-refractivity contribution in [1.29, 1.82) is 0 Å². The second-order valence-electron chi connectivity index (χ2n) is 6.18. The van der Waals surface area contributed by atoms with E-state index in [2.05, 4.69) is 11.4 Å². The van der Waals surface area contributed by atoms with E-state index in [-0.39, 0.29) is 10.8 Å². The van der Waals surface area contributed by atoms with Crippen LogP contribution in [0.5, 0.6) is 5.75 Å². The van der Waals surface area contributed by atoms with Crippen molar-refractivity contribution >= 4 is 33.1 Å². The molecule has 0 aliphatic rings. The first-order valence-electron chi connectivity index (χ1n) is 7.99. The van der Waals surface area contributed by atoms with E-state index in [1.54, 1.807) is 24.6 Å². The number of amides is 1. The molecule has 1 aromatic heterocycles. The molecule has 1 heterocycles. The van der Waals surface area contributed by atoms with Crippen LogP contribution in [-0.2, 0) is 11.8 Å². The first-order valence-corrected chi connectivity index (χ1v) is 8.80. The average Bonchev–Trinajstić information content (AvgIpc) is 2.80. The zero-order valence-electron chi connectivity index (χ0n) is 14.6. The third-order valence-corrected chi connectivity index (χ3v) is 4.93. The van der Waals surface area contributed by atoms with Crippen LogP contribution in [0.4, 0.5) is 5.69 Å². The maximum Gasteiger partial charge on any atom is 0.307 e. The van der Waals surface area contributed by atoms with Gasteiger partial charge in [0, 0.05) is 12.7 Å². The van der Waals surface area contributed by atoms with Gasteiger partial charge in [0.1, 0.15) is 5.75 Å². The maximum absolute atomic E-state index is 12.4. The first-order chi connectivity index (χ1) is 11.8. The minimum Gasteiger partial charge on any atom is -0.481 e. The standard InChI is InChI=1S/C19H20N2O3S/c1-11-7-12(2)9-15(8-11)24-13(3)18(22)20-14-5-6-16-17(10-14)25-19(23)21(16)4/h5-10,13H,1-4H3,(H,20,22)/t13-/m1/s1. The lowest BCUT2D eigenvalue weighted by molar-refractivity contribution is -0.122. The second-order valence-corrected chi connectivity index (χ2v) is 7.18. The Bertz CT molecular complexity index is 983. The number of carbonyl (C=O) groups is 1. The lowest BCUT2D eigenvalue weighted by Crippen LogP contribution is -2.30. The molecule has 0 aliphatic carbocycles. The Morgan fingerprint density at radius 2 is 1.84 bits per heavy atom. The zero-order valence-corrected chi connectivity index (χ0v) is 15.4. The van der Waals surface area contributed by atoms with Crippen molar-refractivity contribution in [2.24, 2.45) is 7.05 Å². The average molecular weight is 356 g/mol. The van der Waals surface area contributed by atoms with Gasteiger partial charge in [0.05, 0.1) is 10.2 Å². The fourth-order valence-electron chi connectivity index (χ4n) is 2.71. The van der Waals surface area contributed by atoms with Gasteiger partial charge >= 0.3 is 4.87 Å². The summed E-state index contributed by atoms with van der Waals surface area (Å²) in [5, 5.41) is 2.84. The van der Waals surface area contributed by atoms with Crippen LogP contribution in [0.1, 0.15) is 18.1 Å². The highest BCUT2D eigenvalue weighted by molar-refractivity contribution is 7.16. The number of thiazole rings is 1. The molecular weight excluding hydrogens is 336 g/mol. The highest BCUT2D eigenvalue weighted by Crippen LogP contribution is 2.22. The Morgan fingerprint density at radius 3 is 2.52 bits per heavy atom. The van der Waals surface area contributed by atoms with E-state index >= 15 is 0 Å². The van der Waals surface area contributed by atoms with Gasteiger partial charge in [-0.3, -0.25) is 9.59 Å². The number of fused-ring (bicyclic) bond motifs is 1. The van der Waals surface area contributed by atoms with Crippen LogP contribution >= 0.6 is 11.3 Å². The number of nitrogens with zero attached hydrogens (tertiary/aromatic N) is 1. The van der Waals surface area contributed by atoms with Gasteiger partial charge in [-0.25, -0.2) is 0 Å². The van der Waals surface area contributed by atoms with Crippen molar-refractivity contribution in [2.75, 3.05) is 5.32 Å². The minimum atomic E-state index is -0.633. The summed E-state index contributed by atoms with van der Waals surface area (Å²) in [5.41, 5.74) is 3.68. The Hall–Kier alpha value is -2.60. The third kappa shape index (κ3) is 3.74. The van der Waals surface area contributed by atoms with Gasteiger partial charge in [-0.2, -0.15) is 0 Å². The van der Waals surface area contributed by atoms with Gasteiger partial charge in [0.2, 0.25) is 0 Å². The summed E-state index contributed by atoms with van der Waals surface area (Å²) in [7, 11) is 1.74. The van der Waals surface area contributed by atoms with E-state index in [9.17, 15) is 9.59 Å². The number of hydrogen-bond acceptors (Lipinski definition) is 4. The van der Waals surface area contributed by atoms with Gasteiger partial charge in [-0.15, -0.1) is 0 Å². The second kappa shape index (κ2) is 6.72. The fourth-order valence-corrected chi connectivity index (χ4v) is 3.63. The highest BCUT2D eigenvalue weighted by Gasteiger charge is 2.16. The van der Waals surface area contributed by atoms with E-state index in [1.807, 2.05) is 38.1 Å². The molecule has 1 amide bonds. The molecule has 3 rings (SSSR count). The molecule has 130 valence electrons. The van der Waals surface area contributed by atoms with Gasteiger partial charge < -0.3 is 14.6 Å². The van der Waals surface area contributed by atoms with Crippen molar-refractivity contribution in [2.45, 2.75) is 26.9 Å². The SMILES string of the molecule is Cc1cc(C)cc(O[C@H](C)C(=O)Nc2ccc3c(c2)sc(=O)n3C)c1. The lowest BCUT2D eigenvalue weighted by Gasteiger charge is -2.15. The molecule has 1 N–H and O–H groups in total. The zero-order chi connectivity index (χ0) is 18.1. The number of ether oxygens (including phenoxy) is 1. The van der Waals surface area contributed by atoms with Crippen LogP contribution in [0.25, 0.3) is 10.2 Å². The first kappa shape index (κ1) is 17.2. The number of aromatic nitrogens is 1. The van der Waals surface area contributed by atoms with E-state index in [0.717, 1.165) is 32.7 Å². The Kier molecular flexibility index (Phi) is 4.63. The summed E-state index contributed by atoms with van der Waals surface area (Å²) in [5.74, 6) is 0.443. The summed E-state index contributed by atoms with van der Waals surface area (Å²) >= 11 is 1.16. The molecule has 6 heteroatoms. The van der Waals surface area contributed by atoms with E-state index in [0.29, 0.717) is 11.4 Å². The molecule has 0 fully saturated rings. The predicted octanol–water partition coefficient (Wildman–Crippen LogP) is 3.62. The summed E-state index contributed by atoms with van der Waals surface area (Å²) < 4.78 is 8.19. The molecule has 5 nitrogen and oxygen atoms in total. The molecule has 0 saturated heterocycles. The quantitative estimate of drug-likeness (QED) is 0.777. The molecule has 0 radical (unpaired) electrons. The van der Waals surface area contributed by atoms with Crippen LogP contribution < -0.4 is 14.9 Å². The molecule has 0 bridgehead atoms. The Balaban J connectivity index is 1.73. The topological polar surface area (TPSA) is 60.3 Å². The van der Waals surface area contributed by atoms with Crippen LogP contribution in [0.3, 0.4) is 0 Å². The van der Waals surface area contributed by atoms with Crippen LogP contribution in [0, 0.1) is 13.8 Å². The number of carbonyl (C=O) groups excluding carboxylic acids is 1. The molecule has 0 aliphatic heterocycles. The van der Waals surface area contributed by atoms with Crippen molar-refractivity contribution in [3.63, 3.8) is 0 Å². The number of aryl methyl sites for hydroxylation is 3. The van der Waals surface area contributed by atoms with E-state index in [1.165, 1.54) is 0 Å². The van der Waals surface area contributed by atoms with Gasteiger partial charge in [0.25, 0.3) is 5.91 Å². The fraction of sp³-hybridized carbons (Fsp3) is 0.263. The molecule has 0 unspecified atom stereocenters. The molecule has 0 spiro atoms. The van der Waals surface area contributed by atoms with Crippen LogP contribution in [0.15, 0.2) is 41.2 Å². The molecule has 0 saturated carbocycles. The van der Waals surface area contributed by atoms with Crippen molar-refractivity contribution in [1.82, 2.24) is 4.57 Å². The lowest BCUT2D eigenvalue weighted by atomic mass is 10.1. The van der Waals surface area contributed by atoms with Crippen molar-refractivity contribution in [3.8, 4) is 5.75 Å². The van der Waals surface area contributed by atoms with Crippen molar-refractivity contribution in [3.05, 3.63) is 57.2 Å². The summed E-state index contributed by atoms with van der Waals surface area (Å²) in [4.78, 5) is 24.1. The largest absolute Gasteiger partial charge is 0.481 e. The number of anilines is 1. The molecule has 3 aromatic rings. The van der Waals surface area contributed by atoms with Gasteiger partial charge in [-0.1, -0.05) is 17.4 Å². The molecular formula is C19H20N2O3S. The normalized spacial score (nSPS) is 12.2. The predicted molar refractivity (Wildman–Crippen MR) is 102 cm³/mol. The van der Waals surface area contributed by atoms with E-state index < -0.39 is 6.10 Å². The van der Waals surface area contributed by atoms with Gasteiger partial charge in [0.15, 0.2) is 6.10 Å². The van der Waals surface area contributed by atoms with Crippen molar-refractivity contribution < 1.29 is 9.53 Å². The molecule has 2 aromatic carbocycles. The van der Waals surface area contributed by atoms with Gasteiger partial charge in [-0.05, 0) is 62.2 Å². The van der Waals surface area contributed by atoms with Crippen LogP contribution in [0.2, 0.25) is 0 Å². The molecule has 1 atom stereocenters. The highest BCUT2D eigenvalue weighted by atomic mass is 32.1. The Labute approximate surface area is 149 Å². The number of rotatable bonds is 4. The number of benzene rings is 2. The summed E-state index contributed by atoms with van der Waals surface area (Å²) in [6, 6.07) is 11.3. The van der Waals surface area contributed by atoms with E-state index in [4.69, 9.17) is 4.74 Å². The third-order valence-electron chi connectivity index (χ3n) is 3.94. The minimum absolute atomic E-state index is 0.0232.